The molecule has 0 amide bonds. The van der Waals surface area contributed by atoms with Crippen molar-refractivity contribution in [3.63, 3.8) is 0 Å². The summed E-state index contributed by atoms with van der Waals surface area (Å²) >= 11 is 0. The molecule has 0 spiro atoms. The van der Waals surface area contributed by atoms with Crippen molar-refractivity contribution in [3.05, 3.63) is 48.2 Å². The van der Waals surface area contributed by atoms with Crippen molar-refractivity contribution < 1.29 is 0 Å². The number of aromatic nitrogens is 4. The van der Waals surface area contributed by atoms with Crippen LogP contribution in [0.25, 0.3) is 16.8 Å². The Hall–Kier alpha value is -2.23. The molecule has 0 saturated heterocycles. The van der Waals surface area contributed by atoms with Crippen LogP contribution in [0.2, 0.25) is 0 Å². The fraction of sp³-hybridized carbons (Fsp3) is 0.154. The van der Waals surface area contributed by atoms with Gasteiger partial charge in [0.1, 0.15) is 12.2 Å². The Morgan fingerprint density at radius 3 is 2.88 bits per heavy atom. The van der Waals surface area contributed by atoms with E-state index < -0.39 is 0 Å². The average molecular weight is 224 g/mol. The van der Waals surface area contributed by atoms with Gasteiger partial charge >= 0.3 is 0 Å². The van der Waals surface area contributed by atoms with Crippen LogP contribution in [0.4, 0.5) is 0 Å². The third-order valence-electron chi connectivity index (χ3n) is 2.72. The second-order valence-electron chi connectivity index (χ2n) is 4.10. The Morgan fingerprint density at radius 1 is 1.18 bits per heavy atom. The molecular weight excluding hydrogens is 212 g/mol. The van der Waals surface area contributed by atoms with Crippen LogP contribution < -0.4 is 0 Å². The lowest BCUT2D eigenvalue weighted by atomic mass is 10.1. The van der Waals surface area contributed by atoms with Crippen molar-refractivity contribution in [2.24, 2.45) is 0 Å². The number of aryl methyl sites for hydroxylation is 2. The summed E-state index contributed by atoms with van der Waals surface area (Å²) in [6, 6.07) is 8.33. The van der Waals surface area contributed by atoms with Crippen LogP contribution in [0.5, 0.6) is 0 Å². The average Bonchev–Trinajstić information content (AvgIpc) is 2.71. The normalized spacial score (nSPS) is 10.9. The lowest BCUT2D eigenvalue weighted by Crippen LogP contribution is -1.95. The van der Waals surface area contributed by atoms with Gasteiger partial charge in [0.2, 0.25) is 0 Å². The first kappa shape index (κ1) is 9.96. The molecule has 17 heavy (non-hydrogen) atoms. The maximum absolute atomic E-state index is 4.43. The third kappa shape index (κ3) is 1.67. The summed E-state index contributed by atoms with van der Waals surface area (Å²) in [5.41, 5.74) is 4.26. The van der Waals surface area contributed by atoms with Crippen molar-refractivity contribution in [1.29, 1.82) is 0 Å². The molecular formula is C13H12N4. The van der Waals surface area contributed by atoms with Crippen molar-refractivity contribution in [1.82, 2.24) is 19.6 Å². The lowest BCUT2D eigenvalue weighted by molar-refractivity contribution is 0.869. The molecule has 2 aromatic heterocycles. The van der Waals surface area contributed by atoms with Gasteiger partial charge in [-0.05, 0) is 19.4 Å². The maximum atomic E-state index is 4.43. The van der Waals surface area contributed by atoms with Crippen LogP contribution in [0, 0.1) is 13.8 Å². The van der Waals surface area contributed by atoms with E-state index in [1.165, 1.54) is 5.56 Å². The van der Waals surface area contributed by atoms with Gasteiger partial charge in [0.25, 0.3) is 0 Å². The molecule has 3 aromatic rings. The molecule has 0 fully saturated rings. The van der Waals surface area contributed by atoms with Crippen LogP contribution in [-0.4, -0.2) is 19.6 Å². The van der Waals surface area contributed by atoms with E-state index in [1.807, 2.05) is 19.2 Å². The summed E-state index contributed by atoms with van der Waals surface area (Å²) in [7, 11) is 0. The molecule has 0 aliphatic rings. The van der Waals surface area contributed by atoms with Crippen LogP contribution in [0.1, 0.15) is 11.4 Å². The van der Waals surface area contributed by atoms with Gasteiger partial charge in [-0.15, -0.1) is 0 Å². The maximum Gasteiger partial charge on any atom is 0.166 e. The zero-order chi connectivity index (χ0) is 11.8. The highest BCUT2D eigenvalue weighted by Crippen LogP contribution is 2.23. The Labute approximate surface area is 99.0 Å². The molecule has 0 aliphatic carbocycles. The second-order valence-corrected chi connectivity index (χ2v) is 4.10. The first-order chi connectivity index (χ1) is 8.24. The lowest BCUT2D eigenvalue weighted by Gasteiger charge is -2.00. The van der Waals surface area contributed by atoms with Gasteiger partial charge < -0.3 is 0 Å². The van der Waals surface area contributed by atoms with Gasteiger partial charge in [0, 0.05) is 5.56 Å². The number of fused-ring (bicyclic) bond motifs is 1. The van der Waals surface area contributed by atoms with E-state index in [0.717, 1.165) is 22.6 Å². The molecule has 84 valence electrons. The van der Waals surface area contributed by atoms with Crippen LogP contribution in [0.3, 0.4) is 0 Å². The quantitative estimate of drug-likeness (QED) is 0.637. The molecule has 3 rings (SSSR count). The SMILES string of the molecule is Cc1cccc(-c2cnn3cnc(C)nc23)c1. The first-order valence-electron chi connectivity index (χ1n) is 5.48. The monoisotopic (exact) mass is 224 g/mol. The fourth-order valence-corrected chi connectivity index (χ4v) is 1.89. The zero-order valence-corrected chi connectivity index (χ0v) is 9.75. The predicted molar refractivity (Wildman–Crippen MR) is 65.7 cm³/mol. The zero-order valence-electron chi connectivity index (χ0n) is 9.75. The largest absolute Gasteiger partial charge is 0.222 e. The topological polar surface area (TPSA) is 43.1 Å². The Balaban J connectivity index is 2.27. The Bertz CT molecular complexity index is 685. The highest BCUT2D eigenvalue weighted by Gasteiger charge is 2.08. The second kappa shape index (κ2) is 3.66. The number of nitrogens with zero attached hydrogens (tertiary/aromatic N) is 4. The van der Waals surface area contributed by atoms with E-state index in [4.69, 9.17) is 0 Å². The number of rotatable bonds is 1. The molecule has 1 aromatic carbocycles. The van der Waals surface area contributed by atoms with Crippen molar-refractivity contribution >= 4 is 5.65 Å². The third-order valence-corrected chi connectivity index (χ3v) is 2.72. The first-order valence-corrected chi connectivity index (χ1v) is 5.48. The predicted octanol–water partition coefficient (Wildman–Crippen LogP) is 2.41. The Kier molecular flexibility index (Phi) is 2.14. The summed E-state index contributed by atoms with van der Waals surface area (Å²) in [6.07, 6.45) is 3.52. The summed E-state index contributed by atoms with van der Waals surface area (Å²) in [4.78, 5) is 8.55. The highest BCUT2D eigenvalue weighted by atomic mass is 15.3. The molecule has 0 bridgehead atoms. The summed E-state index contributed by atoms with van der Waals surface area (Å²) in [5, 5.41) is 4.26. The molecule has 0 radical (unpaired) electrons. The van der Waals surface area contributed by atoms with E-state index in [9.17, 15) is 0 Å². The van der Waals surface area contributed by atoms with E-state index in [0.29, 0.717) is 0 Å². The van der Waals surface area contributed by atoms with E-state index in [1.54, 1.807) is 10.8 Å². The minimum absolute atomic E-state index is 0.756. The summed E-state index contributed by atoms with van der Waals surface area (Å²) in [6.45, 7) is 3.96. The number of benzene rings is 1. The van der Waals surface area contributed by atoms with Gasteiger partial charge in [-0.2, -0.15) is 5.10 Å². The molecule has 0 atom stereocenters. The number of hydrogen-bond acceptors (Lipinski definition) is 3. The van der Waals surface area contributed by atoms with Gasteiger partial charge in [-0.25, -0.2) is 14.5 Å². The van der Waals surface area contributed by atoms with E-state index in [2.05, 4.69) is 40.2 Å². The molecule has 0 unspecified atom stereocenters. The molecule has 0 N–H and O–H groups in total. The van der Waals surface area contributed by atoms with Gasteiger partial charge in [0.15, 0.2) is 5.65 Å². The fourth-order valence-electron chi connectivity index (χ4n) is 1.89. The molecule has 0 saturated carbocycles. The minimum Gasteiger partial charge on any atom is -0.222 e. The van der Waals surface area contributed by atoms with Crippen molar-refractivity contribution in [3.8, 4) is 11.1 Å². The van der Waals surface area contributed by atoms with Gasteiger partial charge in [-0.3, -0.25) is 0 Å². The summed E-state index contributed by atoms with van der Waals surface area (Å²) < 4.78 is 1.70. The molecule has 0 aliphatic heterocycles. The number of hydrogen-bond donors (Lipinski definition) is 0. The highest BCUT2D eigenvalue weighted by molar-refractivity contribution is 5.77. The van der Waals surface area contributed by atoms with Crippen LogP contribution in [-0.2, 0) is 0 Å². The smallest absolute Gasteiger partial charge is 0.166 e. The van der Waals surface area contributed by atoms with Crippen molar-refractivity contribution in [2.75, 3.05) is 0 Å². The standard InChI is InChI=1S/C13H12N4/c1-9-4-3-5-11(6-9)12-7-15-17-8-14-10(2)16-13(12)17/h3-8H,1-2H3. The minimum atomic E-state index is 0.756. The van der Waals surface area contributed by atoms with E-state index >= 15 is 0 Å². The Morgan fingerprint density at radius 2 is 2.06 bits per heavy atom. The van der Waals surface area contributed by atoms with Gasteiger partial charge in [0.05, 0.1) is 6.20 Å². The van der Waals surface area contributed by atoms with Crippen LogP contribution in [0.15, 0.2) is 36.8 Å². The van der Waals surface area contributed by atoms with Gasteiger partial charge in [-0.1, -0.05) is 29.8 Å². The molecule has 4 heteroatoms. The van der Waals surface area contributed by atoms with Crippen molar-refractivity contribution in [2.45, 2.75) is 13.8 Å². The molecule has 4 nitrogen and oxygen atoms in total. The summed E-state index contributed by atoms with van der Waals surface area (Å²) in [5.74, 6) is 0.756. The molecule has 2 heterocycles. The van der Waals surface area contributed by atoms with E-state index in [-0.39, 0.29) is 0 Å². The van der Waals surface area contributed by atoms with Crippen LogP contribution >= 0.6 is 0 Å².